The van der Waals surface area contributed by atoms with E-state index in [1.54, 1.807) is 12.0 Å². The average Bonchev–Trinajstić information content (AvgIpc) is 3.11. The molecule has 2 amide bonds. The summed E-state index contributed by atoms with van der Waals surface area (Å²) in [7, 11) is 1.64. The number of likely N-dealkylation sites (tertiary alicyclic amines) is 1. The molecule has 0 spiro atoms. The first-order valence-electron chi connectivity index (χ1n) is 8.81. The largest absolute Gasteiger partial charge is 0.497 e. The van der Waals surface area contributed by atoms with Gasteiger partial charge in [-0.3, -0.25) is 9.59 Å². The van der Waals surface area contributed by atoms with Gasteiger partial charge < -0.3 is 14.5 Å². The van der Waals surface area contributed by atoms with Crippen molar-refractivity contribution < 1.29 is 14.3 Å². The van der Waals surface area contributed by atoms with E-state index in [-0.39, 0.29) is 17.9 Å². The Hall–Kier alpha value is -2.04. The van der Waals surface area contributed by atoms with E-state index in [4.69, 9.17) is 4.74 Å². The van der Waals surface area contributed by atoms with Crippen molar-refractivity contribution in [1.29, 1.82) is 0 Å². The minimum Gasteiger partial charge on any atom is -0.497 e. The fourth-order valence-corrected chi connectivity index (χ4v) is 3.26. The van der Waals surface area contributed by atoms with Gasteiger partial charge in [-0.1, -0.05) is 12.1 Å². The van der Waals surface area contributed by atoms with Crippen molar-refractivity contribution in [3.63, 3.8) is 0 Å². The van der Waals surface area contributed by atoms with Crippen LogP contribution in [-0.4, -0.2) is 54.4 Å². The van der Waals surface area contributed by atoms with E-state index < -0.39 is 0 Å². The third-order valence-corrected chi connectivity index (χ3v) is 4.72. The van der Waals surface area contributed by atoms with Crippen LogP contribution in [0, 0.1) is 0 Å². The fraction of sp³-hybridized carbons (Fsp3) is 0.579. The van der Waals surface area contributed by atoms with Gasteiger partial charge >= 0.3 is 0 Å². The molecule has 1 heterocycles. The number of hydrogen-bond acceptors (Lipinski definition) is 3. The second-order valence-corrected chi connectivity index (χ2v) is 6.10. The minimum absolute atomic E-state index is 0.0776. The van der Waals surface area contributed by atoms with Gasteiger partial charge in [-0.2, -0.15) is 0 Å². The van der Waals surface area contributed by atoms with Crippen LogP contribution in [-0.2, 0) is 16.0 Å². The van der Waals surface area contributed by atoms with E-state index in [0.29, 0.717) is 32.5 Å². The van der Waals surface area contributed by atoms with Gasteiger partial charge in [0.2, 0.25) is 11.8 Å². The summed E-state index contributed by atoms with van der Waals surface area (Å²) in [6.45, 7) is 6.04. The predicted molar refractivity (Wildman–Crippen MR) is 94.0 cm³/mol. The Morgan fingerprint density at radius 2 is 1.88 bits per heavy atom. The maximum Gasteiger partial charge on any atom is 0.245 e. The van der Waals surface area contributed by atoms with Gasteiger partial charge in [-0.15, -0.1) is 0 Å². The molecule has 1 aliphatic rings. The quantitative estimate of drug-likeness (QED) is 0.771. The van der Waals surface area contributed by atoms with Gasteiger partial charge in [0.25, 0.3) is 0 Å². The Balaban J connectivity index is 1.93. The molecule has 0 saturated carbocycles. The summed E-state index contributed by atoms with van der Waals surface area (Å²) >= 11 is 0. The SMILES string of the molecule is CCN(CC)C(=O)C1CCCN1C(=O)CCc1ccc(OC)cc1. The molecule has 5 heteroatoms. The van der Waals surface area contributed by atoms with E-state index >= 15 is 0 Å². The molecule has 1 fully saturated rings. The molecule has 2 rings (SSSR count). The smallest absolute Gasteiger partial charge is 0.245 e. The normalized spacial score (nSPS) is 17.0. The Morgan fingerprint density at radius 1 is 1.21 bits per heavy atom. The standard InChI is InChI=1S/C19H28N2O3/c1-4-20(5-2)19(23)17-7-6-14-21(17)18(22)13-10-15-8-11-16(24-3)12-9-15/h8-9,11-12,17H,4-7,10,13-14H2,1-3H3. The molecule has 1 aromatic rings. The van der Waals surface area contributed by atoms with Crippen molar-refractivity contribution in [3.8, 4) is 5.75 Å². The zero-order chi connectivity index (χ0) is 17.5. The second kappa shape index (κ2) is 8.71. The van der Waals surface area contributed by atoms with Gasteiger partial charge in [-0.05, 0) is 50.8 Å². The van der Waals surface area contributed by atoms with E-state index in [1.807, 2.05) is 43.0 Å². The highest BCUT2D eigenvalue weighted by Gasteiger charge is 2.35. The van der Waals surface area contributed by atoms with Gasteiger partial charge in [-0.25, -0.2) is 0 Å². The van der Waals surface area contributed by atoms with Crippen LogP contribution in [0.3, 0.4) is 0 Å². The molecule has 1 atom stereocenters. The van der Waals surface area contributed by atoms with E-state index in [1.165, 1.54) is 0 Å². The fourth-order valence-electron chi connectivity index (χ4n) is 3.26. The Bertz CT molecular complexity index is 552. The van der Waals surface area contributed by atoms with Crippen LogP contribution < -0.4 is 4.74 Å². The lowest BCUT2D eigenvalue weighted by Gasteiger charge is -2.29. The number of ether oxygens (including phenoxy) is 1. The molecule has 1 unspecified atom stereocenters. The number of hydrogen-bond donors (Lipinski definition) is 0. The molecule has 24 heavy (non-hydrogen) atoms. The van der Waals surface area contributed by atoms with Crippen molar-refractivity contribution in [3.05, 3.63) is 29.8 Å². The van der Waals surface area contributed by atoms with Gasteiger partial charge in [0, 0.05) is 26.1 Å². The lowest BCUT2D eigenvalue weighted by atomic mass is 10.1. The maximum atomic E-state index is 12.6. The molecule has 0 bridgehead atoms. The summed E-state index contributed by atoms with van der Waals surface area (Å²) in [5.74, 6) is 0.985. The van der Waals surface area contributed by atoms with Crippen LogP contribution >= 0.6 is 0 Å². The molecular weight excluding hydrogens is 304 g/mol. The first-order valence-corrected chi connectivity index (χ1v) is 8.81. The summed E-state index contributed by atoms with van der Waals surface area (Å²) < 4.78 is 5.14. The number of rotatable bonds is 7. The molecular formula is C19H28N2O3. The molecule has 0 aromatic heterocycles. The number of likely N-dealkylation sites (N-methyl/N-ethyl adjacent to an activating group) is 1. The summed E-state index contributed by atoms with van der Waals surface area (Å²) in [5.41, 5.74) is 1.11. The number of amides is 2. The number of carbonyl (C=O) groups excluding carboxylic acids is 2. The first-order chi connectivity index (χ1) is 11.6. The molecule has 5 nitrogen and oxygen atoms in total. The number of nitrogens with zero attached hydrogens (tertiary/aromatic N) is 2. The Labute approximate surface area is 144 Å². The molecule has 0 aliphatic carbocycles. The highest BCUT2D eigenvalue weighted by Crippen LogP contribution is 2.21. The minimum atomic E-state index is -0.270. The van der Waals surface area contributed by atoms with Crippen molar-refractivity contribution in [2.45, 2.75) is 45.6 Å². The van der Waals surface area contributed by atoms with Crippen LogP contribution in [0.4, 0.5) is 0 Å². The van der Waals surface area contributed by atoms with Gasteiger partial charge in [0.05, 0.1) is 7.11 Å². The van der Waals surface area contributed by atoms with E-state index in [0.717, 1.165) is 24.2 Å². The van der Waals surface area contributed by atoms with Crippen molar-refractivity contribution in [2.24, 2.45) is 0 Å². The zero-order valence-corrected chi connectivity index (χ0v) is 15.0. The highest BCUT2D eigenvalue weighted by atomic mass is 16.5. The molecule has 1 aromatic carbocycles. The van der Waals surface area contributed by atoms with Gasteiger partial charge in [0.15, 0.2) is 0 Å². The second-order valence-electron chi connectivity index (χ2n) is 6.10. The van der Waals surface area contributed by atoms with Crippen LogP contribution in [0.5, 0.6) is 5.75 Å². The highest BCUT2D eigenvalue weighted by molar-refractivity contribution is 5.88. The third kappa shape index (κ3) is 4.28. The molecule has 132 valence electrons. The van der Waals surface area contributed by atoms with Crippen molar-refractivity contribution >= 4 is 11.8 Å². The summed E-state index contributed by atoms with van der Waals surface area (Å²) in [4.78, 5) is 28.8. The van der Waals surface area contributed by atoms with E-state index in [2.05, 4.69) is 0 Å². The number of benzene rings is 1. The van der Waals surface area contributed by atoms with Crippen molar-refractivity contribution in [1.82, 2.24) is 9.80 Å². The lowest BCUT2D eigenvalue weighted by Crippen LogP contribution is -2.47. The number of aryl methyl sites for hydroxylation is 1. The zero-order valence-electron chi connectivity index (χ0n) is 15.0. The molecule has 1 saturated heterocycles. The van der Waals surface area contributed by atoms with Crippen molar-refractivity contribution in [2.75, 3.05) is 26.7 Å². The summed E-state index contributed by atoms with van der Waals surface area (Å²) in [6, 6.07) is 7.50. The maximum absolute atomic E-state index is 12.6. The van der Waals surface area contributed by atoms with Crippen LogP contribution in [0.1, 0.15) is 38.7 Å². The topological polar surface area (TPSA) is 49.9 Å². The van der Waals surface area contributed by atoms with Crippen LogP contribution in [0.25, 0.3) is 0 Å². The Morgan fingerprint density at radius 3 is 2.46 bits per heavy atom. The number of carbonyl (C=O) groups is 2. The Kier molecular flexibility index (Phi) is 6.64. The van der Waals surface area contributed by atoms with E-state index in [9.17, 15) is 9.59 Å². The van der Waals surface area contributed by atoms with Gasteiger partial charge in [0.1, 0.15) is 11.8 Å². The monoisotopic (exact) mass is 332 g/mol. The third-order valence-electron chi connectivity index (χ3n) is 4.72. The van der Waals surface area contributed by atoms with Crippen LogP contribution in [0.2, 0.25) is 0 Å². The molecule has 0 N–H and O–H groups in total. The van der Waals surface area contributed by atoms with Crippen LogP contribution in [0.15, 0.2) is 24.3 Å². The number of methoxy groups -OCH3 is 1. The molecule has 0 radical (unpaired) electrons. The predicted octanol–water partition coefficient (Wildman–Crippen LogP) is 2.49. The summed E-state index contributed by atoms with van der Waals surface area (Å²) in [6.07, 6.45) is 2.81. The average molecular weight is 332 g/mol. The molecule has 1 aliphatic heterocycles. The lowest BCUT2D eigenvalue weighted by molar-refractivity contribution is -0.143. The first kappa shape index (κ1) is 18.3. The summed E-state index contributed by atoms with van der Waals surface area (Å²) in [5, 5.41) is 0.